The van der Waals surface area contributed by atoms with Crippen molar-refractivity contribution < 1.29 is 0 Å². The Labute approximate surface area is 129 Å². The molecule has 6 nitrogen and oxygen atoms in total. The van der Waals surface area contributed by atoms with Gasteiger partial charge in [-0.15, -0.1) is 0 Å². The number of hydrogen-bond donors (Lipinski definition) is 1. The molecule has 1 N–H and O–H groups in total. The number of hydrogen-bond acceptors (Lipinski definition) is 4. The summed E-state index contributed by atoms with van der Waals surface area (Å²) >= 11 is 0. The standard InChI is InChI=1S/C16H21N5O/c1-9(2)12-13(10-6-11(17-7-10)16(3,4)5)20-15-18-8-19-21(15)14(12)22/h6,8-9H,7H2,1-5H3,(H,18,19,20). The summed E-state index contributed by atoms with van der Waals surface area (Å²) in [6, 6.07) is 0. The van der Waals surface area contributed by atoms with Crippen molar-refractivity contribution in [3.05, 3.63) is 34.0 Å². The molecule has 0 unspecified atom stereocenters. The molecule has 2 aromatic heterocycles. The smallest absolute Gasteiger partial charge is 0.278 e. The fraction of sp³-hybridized carbons (Fsp3) is 0.500. The second kappa shape index (κ2) is 4.90. The topological polar surface area (TPSA) is 75.4 Å². The third-order valence-corrected chi connectivity index (χ3v) is 3.85. The molecule has 0 saturated heterocycles. The Balaban J connectivity index is 2.20. The maximum atomic E-state index is 12.7. The van der Waals surface area contributed by atoms with Crippen molar-refractivity contribution >= 4 is 17.1 Å². The van der Waals surface area contributed by atoms with Gasteiger partial charge in [-0.2, -0.15) is 4.52 Å². The van der Waals surface area contributed by atoms with Crippen LogP contribution in [0, 0.1) is 5.41 Å². The molecule has 0 saturated carbocycles. The van der Waals surface area contributed by atoms with Crippen molar-refractivity contribution in [3.63, 3.8) is 0 Å². The lowest BCUT2D eigenvalue weighted by Gasteiger charge is -2.16. The molecule has 1 aliphatic heterocycles. The van der Waals surface area contributed by atoms with Gasteiger partial charge < -0.3 is 0 Å². The number of nitrogens with zero attached hydrogens (tertiary/aromatic N) is 4. The van der Waals surface area contributed by atoms with Crippen LogP contribution in [0.5, 0.6) is 0 Å². The molecule has 0 spiro atoms. The Morgan fingerprint density at radius 3 is 2.64 bits per heavy atom. The number of aromatic amines is 1. The number of fused-ring (bicyclic) bond motifs is 1. The van der Waals surface area contributed by atoms with E-state index in [1.54, 1.807) is 0 Å². The first-order chi connectivity index (χ1) is 10.3. The summed E-state index contributed by atoms with van der Waals surface area (Å²) in [5, 5.41) is 2.82. The number of H-pyrrole nitrogens is 1. The number of aliphatic imine (C=N–C) groups is 1. The Morgan fingerprint density at radius 2 is 2.05 bits per heavy atom. The SMILES string of the molecule is CC(C)c1c(C2=CC(C(C)(C)C)=NC2)nc2nc[nH]n2c1=O. The Morgan fingerprint density at radius 1 is 1.32 bits per heavy atom. The molecular weight excluding hydrogens is 278 g/mol. The average molecular weight is 299 g/mol. The minimum atomic E-state index is -0.0855. The van der Waals surface area contributed by atoms with Gasteiger partial charge in [0.05, 0.1) is 12.2 Å². The van der Waals surface area contributed by atoms with Crippen molar-refractivity contribution in [2.45, 2.75) is 40.5 Å². The Bertz CT molecular complexity index is 846. The lowest BCUT2D eigenvalue weighted by Crippen LogP contribution is -2.24. The molecule has 0 radical (unpaired) electrons. The predicted molar refractivity (Wildman–Crippen MR) is 87.4 cm³/mol. The Kier molecular flexibility index (Phi) is 3.27. The second-order valence-corrected chi connectivity index (χ2v) is 6.98. The van der Waals surface area contributed by atoms with Crippen molar-refractivity contribution in [2.75, 3.05) is 6.54 Å². The largest absolute Gasteiger partial charge is 0.284 e. The van der Waals surface area contributed by atoms with Gasteiger partial charge in [-0.1, -0.05) is 34.6 Å². The lowest BCUT2D eigenvalue weighted by molar-refractivity contribution is 0.594. The molecule has 0 bridgehead atoms. The summed E-state index contributed by atoms with van der Waals surface area (Å²) in [5.74, 6) is 0.476. The predicted octanol–water partition coefficient (Wildman–Crippen LogP) is 2.43. The molecule has 0 fully saturated rings. The van der Waals surface area contributed by atoms with Crippen molar-refractivity contribution in [2.24, 2.45) is 10.4 Å². The monoisotopic (exact) mass is 299 g/mol. The van der Waals surface area contributed by atoms with E-state index in [-0.39, 0.29) is 16.9 Å². The van der Waals surface area contributed by atoms with Gasteiger partial charge in [0.15, 0.2) is 0 Å². The van der Waals surface area contributed by atoms with Crippen LogP contribution < -0.4 is 5.56 Å². The molecule has 0 aromatic carbocycles. The van der Waals surface area contributed by atoms with Crippen LogP contribution in [0.2, 0.25) is 0 Å². The number of rotatable bonds is 2. The average Bonchev–Trinajstić information content (AvgIpc) is 3.06. The second-order valence-electron chi connectivity index (χ2n) is 6.98. The maximum absolute atomic E-state index is 12.7. The highest BCUT2D eigenvalue weighted by Crippen LogP contribution is 2.29. The lowest BCUT2D eigenvalue weighted by atomic mass is 9.89. The van der Waals surface area contributed by atoms with Crippen LogP contribution in [0.25, 0.3) is 11.4 Å². The zero-order valence-corrected chi connectivity index (χ0v) is 13.6. The molecule has 1 aliphatic rings. The summed E-state index contributed by atoms with van der Waals surface area (Å²) in [5.41, 5.74) is 3.38. The van der Waals surface area contributed by atoms with Crippen LogP contribution in [-0.2, 0) is 0 Å². The van der Waals surface area contributed by atoms with E-state index in [1.807, 2.05) is 13.8 Å². The van der Waals surface area contributed by atoms with Gasteiger partial charge >= 0.3 is 0 Å². The number of allylic oxidation sites excluding steroid dienone is 1. The molecule has 3 rings (SSSR count). The quantitative estimate of drug-likeness (QED) is 0.925. The fourth-order valence-corrected chi connectivity index (χ4v) is 2.66. The Hall–Kier alpha value is -2.24. The molecule has 3 heterocycles. The number of aromatic nitrogens is 4. The van der Waals surface area contributed by atoms with Gasteiger partial charge in [0.2, 0.25) is 0 Å². The van der Waals surface area contributed by atoms with E-state index in [0.717, 1.165) is 17.0 Å². The van der Waals surface area contributed by atoms with Crippen LogP contribution in [0.1, 0.15) is 51.8 Å². The van der Waals surface area contributed by atoms with Gasteiger partial charge in [-0.25, -0.2) is 9.97 Å². The summed E-state index contributed by atoms with van der Waals surface area (Å²) in [6.45, 7) is 11.0. The highest BCUT2D eigenvalue weighted by Gasteiger charge is 2.26. The van der Waals surface area contributed by atoms with E-state index in [1.165, 1.54) is 10.8 Å². The summed E-state index contributed by atoms with van der Waals surface area (Å²) in [6.07, 6.45) is 3.55. The highest BCUT2D eigenvalue weighted by molar-refractivity contribution is 6.07. The highest BCUT2D eigenvalue weighted by atomic mass is 16.1. The maximum Gasteiger partial charge on any atom is 0.278 e. The molecule has 0 amide bonds. The molecule has 22 heavy (non-hydrogen) atoms. The molecule has 6 heteroatoms. The minimum absolute atomic E-state index is 0.00871. The molecule has 2 aromatic rings. The molecule has 0 atom stereocenters. The van der Waals surface area contributed by atoms with Crippen LogP contribution in [0.3, 0.4) is 0 Å². The zero-order chi connectivity index (χ0) is 16.1. The van der Waals surface area contributed by atoms with E-state index in [9.17, 15) is 4.79 Å². The first-order valence-corrected chi connectivity index (χ1v) is 7.51. The van der Waals surface area contributed by atoms with Gasteiger partial charge in [-0.3, -0.25) is 14.9 Å². The first-order valence-electron chi connectivity index (χ1n) is 7.51. The van der Waals surface area contributed by atoms with E-state index in [2.05, 4.69) is 46.9 Å². The van der Waals surface area contributed by atoms with Crippen molar-refractivity contribution in [3.8, 4) is 0 Å². The molecular formula is C16H21N5O. The van der Waals surface area contributed by atoms with Gasteiger partial charge in [0.25, 0.3) is 11.3 Å². The van der Waals surface area contributed by atoms with Crippen molar-refractivity contribution in [1.82, 2.24) is 19.6 Å². The number of nitrogens with one attached hydrogen (secondary N) is 1. The normalized spacial score (nSPS) is 15.5. The van der Waals surface area contributed by atoms with E-state index in [0.29, 0.717) is 17.9 Å². The third-order valence-electron chi connectivity index (χ3n) is 3.85. The zero-order valence-electron chi connectivity index (χ0n) is 13.6. The molecule has 116 valence electrons. The first kappa shape index (κ1) is 14.7. The van der Waals surface area contributed by atoms with Crippen LogP contribution >= 0.6 is 0 Å². The van der Waals surface area contributed by atoms with Gasteiger partial charge in [0, 0.05) is 22.3 Å². The third kappa shape index (κ3) is 2.28. The summed E-state index contributed by atoms with van der Waals surface area (Å²) in [7, 11) is 0. The van der Waals surface area contributed by atoms with E-state index < -0.39 is 0 Å². The van der Waals surface area contributed by atoms with E-state index in [4.69, 9.17) is 0 Å². The van der Waals surface area contributed by atoms with Crippen molar-refractivity contribution in [1.29, 1.82) is 0 Å². The van der Waals surface area contributed by atoms with E-state index >= 15 is 0 Å². The van der Waals surface area contributed by atoms with Crippen LogP contribution in [0.15, 0.2) is 22.2 Å². The van der Waals surface area contributed by atoms with Crippen LogP contribution in [-0.4, -0.2) is 31.8 Å². The molecule has 0 aliphatic carbocycles. The summed E-state index contributed by atoms with van der Waals surface area (Å²) < 4.78 is 1.39. The van der Waals surface area contributed by atoms with Gasteiger partial charge in [-0.05, 0) is 12.0 Å². The van der Waals surface area contributed by atoms with Gasteiger partial charge in [0.1, 0.15) is 6.33 Å². The van der Waals surface area contributed by atoms with Crippen LogP contribution in [0.4, 0.5) is 0 Å². The summed E-state index contributed by atoms with van der Waals surface area (Å²) in [4.78, 5) is 26.0. The minimum Gasteiger partial charge on any atom is -0.284 e. The fourth-order valence-electron chi connectivity index (χ4n) is 2.66.